The Labute approximate surface area is 137 Å². The Morgan fingerprint density at radius 2 is 1.39 bits per heavy atom. The fourth-order valence-corrected chi connectivity index (χ4v) is 2.53. The van der Waals surface area contributed by atoms with Gasteiger partial charge in [-0.3, -0.25) is 0 Å². The Bertz CT molecular complexity index is 763. The van der Waals surface area contributed by atoms with Gasteiger partial charge in [0.25, 0.3) is 0 Å². The first-order valence-electron chi connectivity index (χ1n) is 8.07. The van der Waals surface area contributed by atoms with Crippen molar-refractivity contribution in [2.45, 2.75) is 19.8 Å². The van der Waals surface area contributed by atoms with Crippen molar-refractivity contribution >= 4 is 10.8 Å². The molecule has 0 aliphatic carbocycles. The summed E-state index contributed by atoms with van der Waals surface area (Å²) in [7, 11) is 0. The van der Waals surface area contributed by atoms with E-state index in [0.29, 0.717) is 19.1 Å². The van der Waals surface area contributed by atoms with Crippen LogP contribution < -0.4 is 9.47 Å². The molecule has 0 saturated carbocycles. The van der Waals surface area contributed by atoms with E-state index in [-0.39, 0.29) is 0 Å². The van der Waals surface area contributed by atoms with Crippen molar-refractivity contribution in [3.63, 3.8) is 0 Å². The number of benzene rings is 3. The molecule has 0 amide bonds. The lowest BCUT2D eigenvalue weighted by molar-refractivity contribution is 0.217. The van der Waals surface area contributed by atoms with E-state index in [2.05, 4.69) is 44.2 Å². The molecule has 0 saturated heterocycles. The van der Waals surface area contributed by atoms with Gasteiger partial charge >= 0.3 is 0 Å². The monoisotopic (exact) mass is 306 g/mol. The van der Waals surface area contributed by atoms with Crippen LogP contribution >= 0.6 is 0 Å². The molecule has 0 fully saturated rings. The van der Waals surface area contributed by atoms with Gasteiger partial charge in [0, 0.05) is 0 Å². The first-order valence-corrected chi connectivity index (χ1v) is 8.07. The zero-order chi connectivity index (χ0) is 16.1. The van der Waals surface area contributed by atoms with Crippen LogP contribution in [0.25, 0.3) is 10.8 Å². The van der Waals surface area contributed by atoms with Crippen LogP contribution in [0.4, 0.5) is 0 Å². The van der Waals surface area contributed by atoms with E-state index in [1.165, 1.54) is 16.3 Å². The lowest BCUT2D eigenvalue weighted by Gasteiger charge is -2.10. The molecule has 0 heterocycles. The van der Waals surface area contributed by atoms with Crippen molar-refractivity contribution in [2.24, 2.45) is 0 Å². The lowest BCUT2D eigenvalue weighted by Crippen LogP contribution is -2.08. The molecule has 0 N–H and O–H groups in total. The molecular formula is C21H22O2. The number of ether oxygens (including phenoxy) is 2. The van der Waals surface area contributed by atoms with E-state index in [0.717, 1.165) is 11.5 Å². The molecule has 0 spiro atoms. The summed E-state index contributed by atoms with van der Waals surface area (Å²) in [4.78, 5) is 0. The first kappa shape index (κ1) is 15.4. The zero-order valence-corrected chi connectivity index (χ0v) is 13.7. The molecule has 2 heteroatoms. The van der Waals surface area contributed by atoms with Crippen molar-refractivity contribution in [2.75, 3.05) is 13.2 Å². The van der Waals surface area contributed by atoms with Crippen LogP contribution in [0.15, 0.2) is 66.7 Å². The number of rotatable bonds is 6. The third-order valence-electron chi connectivity index (χ3n) is 3.87. The summed E-state index contributed by atoms with van der Waals surface area (Å²) >= 11 is 0. The number of fused-ring (bicyclic) bond motifs is 1. The summed E-state index contributed by atoms with van der Waals surface area (Å²) in [6.45, 7) is 5.49. The quantitative estimate of drug-likeness (QED) is 0.566. The summed E-state index contributed by atoms with van der Waals surface area (Å²) in [5.41, 5.74) is 1.35. The second kappa shape index (κ2) is 7.19. The van der Waals surface area contributed by atoms with Crippen LogP contribution in [0.5, 0.6) is 11.5 Å². The van der Waals surface area contributed by atoms with E-state index in [9.17, 15) is 0 Å². The third kappa shape index (κ3) is 4.04. The largest absolute Gasteiger partial charge is 0.490 e. The van der Waals surface area contributed by atoms with Crippen LogP contribution in [0.3, 0.4) is 0 Å². The molecule has 0 aliphatic heterocycles. The lowest BCUT2D eigenvalue weighted by atomic mass is 9.99. The number of hydrogen-bond acceptors (Lipinski definition) is 2. The van der Waals surface area contributed by atoms with Gasteiger partial charge in [-0.15, -0.1) is 0 Å². The minimum atomic E-state index is 0.531. The SMILES string of the molecule is CC(C)c1ccc2ccc(OCCOc3ccccc3)cc2c1. The number of para-hydroxylation sites is 1. The van der Waals surface area contributed by atoms with Crippen molar-refractivity contribution < 1.29 is 9.47 Å². The predicted octanol–water partition coefficient (Wildman–Crippen LogP) is 5.42. The molecular weight excluding hydrogens is 284 g/mol. The van der Waals surface area contributed by atoms with Crippen LogP contribution in [-0.2, 0) is 0 Å². The van der Waals surface area contributed by atoms with E-state index in [4.69, 9.17) is 9.47 Å². The average molecular weight is 306 g/mol. The van der Waals surface area contributed by atoms with Gasteiger partial charge in [0.2, 0.25) is 0 Å². The molecule has 23 heavy (non-hydrogen) atoms. The average Bonchev–Trinajstić information content (AvgIpc) is 2.59. The van der Waals surface area contributed by atoms with Gasteiger partial charge in [0.1, 0.15) is 24.7 Å². The Morgan fingerprint density at radius 3 is 2.13 bits per heavy atom. The smallest absolute Gasteiger partial charge is 0.122 e. The van der Waals surface area contributed by atoms with Crippen molar-refractivity contribution in [3.8, 4) is 11.5 Å². The summed E-state index contributed by atoms with van der Waals surface area (Å²) in [6.07, 6.45) is 0. The number of hydrogen-bond donors (Lipinski definition) is 0. The van der Waals surface area contributed by atoms with Gasteiger partial charge in [-0.05, 0) is 46.5 Å². The maximum atomic E-state index is 5.81. The molecule has 0 unspecified atom stereocenters. The van der Waals surface area contributed by atoms with Crippen molar-refractivity contribution in [3.05, 3.63) is 72.3 Å². The molecule has 3 aromatic rings. The summed E-state index contributed by atoms with van der Waals surface area (Å²) in [5, 5.41) is 2.46. The highest BCUT2D eigenvalue weighted by atomic mass is 16.5. The van der Waals surface area contributed by atoms with Crippen molar-refractivity contribution in [1.29, 1.82) is 0 Å². The molecule has 0 aromatic heterocycles. The second-order valence-electron chi connectivity index (χ2n) is 5.93. The molecule has 0 radical (unpaired) electrons. The summed E-state index contributed by atoms with van der Waals surface area (Å²) in [6, 6.07) is 22.6. The van der Waals surface area contributed by atoms with Gasteiger partial charge < -0.3 is 9.47 Å². The fourth-order valence-electron chi connectivity index (χ4n) is 2.53. The molecule has 0 aliphatic rings. The minimum Gasteiger partial charge on any atom is -0.490 e. The van der Waals surface area contributed by atoms with Gasteiger partial charge in [0.15, 0.2) is 0 Å². The molecule has 3 aromatic carbocycles. The molecule has 118 valence electrons. The molecule has 0 atom stereocenters. The third-order valence-corrected chi connectivity index (χ3v) is 3.87. The molecule has 2 nitrogen and oxygen atoms in total. The van der Waals surface area contributed by atoms with Crippen LogP contribution in [-0.4, -0.2) is 13.2 Å². The van der Waals surface area contributed by atoms with Crippen LogP contribution in [0.2, 0.25) is 0 Å². The minimum absolute atomic E-state index is 0.531. The second-order valence-corrected chi connectivity index (χ2v) is 5.93. The topological polar surface area (TPSA) is 18.5 Å². The van der Waals surface area contributed by atoms with Gasteiger partial charge in [-0.2, -0.15) is 0 Å². The van der Waals surface area contributed by atoms with E-state index >= 15 is 0 Å². The zero-order valence-electron chi connectivity index (χ0n) is 13.7. The van der Waals surface area contributed by atoms with E-state index < -0.39 is 0 Å². The van der Waals surface area contributed by atoms with Crippen molar-refractivity contribution in [1.82, 2.24) is 0 Å². The fraction of sp³-hybridized carbons (Fsp3) is 0.238. The maximum Gasteiger partial charge on any atom is 0.122 e. The van der Waals surface area contributed by atoms with Crippen LogP contribution in [0.1, 0.15) is 25.3 Å². The Hall–Kier alpha value is -2.48. The first-order chi connectivity index (χ1) is 11.2. The highest BCUT2D eigenvalue weighted by molar-refractivity contribution is 5.84. The Kier molecular flexibility index (Phi) is 4.82. The maximum absolute atomic E-state index is 5.81. The summed E-state index contributed by atoms with van der Waals surface area (Å²) < 4.78 is 11.5. The Balaban J connectivity index is 1.61. The predicted molar refractivity (Wildman–Crippen MR) is 95.5 cm³/mol. The van der Waals surface area contributed by atoms with Gasteiger partial charge in [0.05, 0.1) is 0 Å². The van der Waals surface area contributed by atoms with Crippen LogP contribution in [0, 0.1) is 0 Å². The van der Waals surface area contributed by atoms with E-state index in [1.807, 2.05) is 36.4 Å². The van der Waals surface area contributed by atoms with Gasteiger partial charge in [-0.1, -0.05) is 56.3 Å². The van der Waals surface area contributed by atoms with Gasteiger partial charge in [-0.25, -0.2) is 0 Å². The normalized spacial score (nSPS) is 10.9. The standard InChI is InChI=1S/C21H22O2/c1-16(2)18-9-8-17-10-11-21(15-19(17)14-18)23-13-12-22-20-6-4-3-5-7-20/h3-11,14-16H,12-13H2,1-2H3. The molecule has 3 rings (SSSR count). The van der Waals surface area contributed by atoms with E-state index in [1.54, 1.807) is 0 Å². The molecule has 0 bridgehead atoms. The highest BCUT2D eigenvalue weighted by Gasteiger charge is 2.02. The summed E-state index contributed by atoms with van der Waals surface area (Å²) in [5.74, 6) is 2.29. The Morgan fingerprint density at radius 1 is 0.696 bits per heavy atom. The highest BCUT2D eigenvalue weighted by Crippen LogP contribution is 2.25.